The predicted octanol–water partition coefficient (Wildman–Crippen LogP) is 3.31. The first-order chi connectivity index (χ1) is 14.2. The van der Waals surface area contributed by atoms with Crippen LogP contribution in [0.1, 0.15) is 12.0 Å². The minimum absolute atomic E-state index is 0.0443. The minimum Gasteiger partial charge on any atom is -0.385 e. The molecule has 152 valence electrons. The Labute approximate surface area is 179 Å². The summed E-state index contributed by atoms with van der Waals surface area (Å²) in [5.41, 5.74) is 1.88. The van der Waals surface area contributed by atoms with Crippen LogP contribution in [0.3, 0.4) is 0 Å². The third-order valence-electron chi connectivity index (χ3n) is 4.93. The van der Waals surface area contributed by atoms with Gasteiger partial charge in [0, 0.05) is 44.3 Å². The van der Waals surface area contributed by atoms with Gasteiger partial charge in [-0.15, -0.1) is 0 Å². The molecule has 2 aliphatic heterocycles. The third kappa shape index (κ3) is 4.45. The summed E-state index contributed by atoms with van der Waals surface area (Å²) in [6.45, 7) is 4.09. The molecule has 29 heavy (non-hydrogen) atoms. The molecule has 0 N–H and O–H groups in total. The van der Waals surface area contributed by atoms with Gasteiger partial charge >= 0.3 is 0 Å². The highest BCUT2D eigenvalue weighted by atomic mass is 32.2. The Kier molecular flexibility index (Phi) is 6.44. The highest BCUT2D eigenvalue weighted by Crippen LogP contribution is 2.35. The van der Waals surface area contributed by atoms with Gasteiger partial charge in [0.25, 0.3) is 5.91 Å². The molecule has 1 aromatic carbocycles. The van der Waals surface area contributed by atoms with Gasteiger partial charge in [-0.2, -0.15) is 0 Å². The first-order valence-electron chi connectivity index (χ1n) is 9.64. The van der Waals surface area contributed by atoms with Crippen molar-refractivity contribution in [3.63, 3.8) is 0 Å². The van der Waals surface area contributed by atoms with E-state index in [1.54, 1.807) is 12.0 Å². The van der Waals surface area contributed by atoms with Crippen molar-refractivity contribution in [2.75, 3.05) is 51.5 Å². The zero-order chi connectivity index (χ0) is 20.2. The van der Waals surface area contributed by atoms with Gasteiger partial charge in [-0.05, 0) is 24.6 Å². The number of carbonyl (C=O) groups excluding carboxylic acids is 1. The number of amides is 1. The van der Waals surface area contributed by atoms with Gasteiger partial charge in [-0.3, -0.25) is 9.69 Å². The van der Waals surface area contributed by atoms with E-state index in [9.17, 15) is 4.79 Å². The number of morpholine rings is 1. The van der Waals surface area contributed by atoms with Gasteiger partial charge in [-0.25, -0.2) is 4.98 Å². The number of thioether (sulfide) groups is 1. The molecule has 0 bridgehead atoms. The maximum atomic E-state index is 12.9. The number of anilines is 1. The molecule has 4 rings (SSSR count). The number of thiocarbonyl (C=S) groups is 1. The topological polar surface area (TPSA) is 54.9 Å². The smallest absolute Gasteiger partial charge is 0.266 e. The number of hydrogen-bond acceptors (Lipinski definition) is 7. The number of rotatable bonds is 6. The molecule has 6 nitrogen and oxygen atoms in total. The summed E-state index contributed by atoms with van der Waals surface area (Å²) in [6, 6.07) is 10.1. The largest absolute Gasteiger partial charge is 0.385 e. The Balaban J connectivity index is 1.69. The van der Waals surface area contributed by atoms with Crippen LogP contribution >= 0.6 is 24.0 Å². The summed E-state index contributed by atoms with van der Waals surface area (Å²) in [7, 11) is 1.66. The second kappa shape index (κ2) is 9.21. The Morgan fingerprint density at radius 3 is 2.90 bits per heavy atom. The van der Waals surface area contributed by atoms with E-state index in [4.69, 9.17) is 26.7 Å². The van der Waals surface area contributed by atoms with Crippen LogP contribution in [0.5, 0.6) is 0 Å². The van der Waals surface area contributed by atoms with E-state index in [2.05, 4.69) is 11.0 Å². The predicted molar refractivity (Wildman–Crippen MR) is 121 cm³/mol. The van der Waals surface area contributed by atoms with Crippen molar-refractivity contribution in [2.45, 2.75) is 6.42 Å². The number of benzene rings is 1. The molecule has 2 fully saturated rings. The van der Waals surface area contributed by atoms with E-state index in [0.29, 0.717) is 35.6 Å². The Bertz CT molecular complexity index is 957. The maximum Gasteiger partial charge on any atom is 0.266 e. The summed E-state index contributed by atoms with van der Waals surface area (Å²) in [6.07, 6.45) is 2.69. The van der Waals surface area contributed by atoms with Crippen LogP contribution < -0.4 is 4.90 Å². The number of fused-ring (bicyclic) bond motifs is 1. The number of nitrogens with zero attached hydrogens (tertiary/aromatic N) is 3. The van der Waals surface area contributed by atoms with Crippen LogP contribution in [0.25, 0.3) is 17.0 Å². The summed E-state index contributed by atoms with van der Waals surface area (Å²) in [5.74, 6) is 0.842. The van der Waals surface area contributed by atoms with Crippen molar-refractivity contribution < 1.29 is 14.3 Å². The first-order valence-corrected chi connectivity index (χ1v) is 10.9. The van der Waals surface area contributed by atoms with E-state index in [1.807, 2.05) is 30.3 Å². The molecular formula is C21H23N3O3S2. The number of carbonyl (C=O) groups is 1. The number of methoxy groups -OCH3 is 1. The lowest BCUT2D eigenvalue weighted by Gasteiger charge is -2.29. The molecule has 2 saturated heterocycles. The second-order valence-electron chi connectivity index (χ2n) is 6.87. The molecule has 0 spiro atoms. The summed E-state index contributed by atoms with van der Waals surface area (Å²) < 4.78 is 11.2. The van der Waals surface area contributed by atoms with Crippen LogP contribution in [0.15, 0.2) is 35.2 Å². The number of para-hydroxylation sites is 1. The molecule has 0 radical (unpaired) electrons. The van der Waals surface area contributed by atoms with E-state index < -0.39 is 0 Å². The molecule has 0 aliphatic carbocycles. The van der Waals surface area contributed by atoms with Gasteiger partial charge in [0.15, 0.2) is 0 Å². The van der Waals surface area contributed by atoms with Crippen molar-refractivity contribution in [3.05, 3.63) is 40.8 Å². The third-order valence-corrected chi connectivity index (χ3v) is 6.31. The molecule has 8 heteroatoms. The van der Waals surface area contributed by atoms with Crippen LogP contribution in [-0.2, 0) is 14.3 Å². The minimum atomic E-state index is -0.0443. The van der Waals surface area contributed by atoms with Crippen LogP contribution in [0.4, 0.5) is 5.82 Å². The van der Waals surface area contributed by atoms with Crippen LogP contribution in [0, 0.1) is 0 Å². The zero-order valence-electron chi connectivity index (χ0n) is 16.3. The molecule has 0 atom stereocenters. The molecule has 1 amide bonds. The lowest BCUT2D eigenvalue weighted by atomic mass is 10.1. The van der Waals surface area contributed by atoms with E-state index in [-0.39, 0.29) is 5.91 Å². The van der Waals surface area contributed by atoms with Crippen LogP contribution in [-0.4, -0.2) is 66.7 Å². The molecule has 0 unspecified atom stereocenters. The van der Waals surface area contributed by atoms with Crippen molar-refractivity contribution in [1.29, 1.82) is 0 Å². The molecule has 3 heterocycles. The highest BCUT2D eigenvalue weighted by Gasteiger charge is 2.32. The van der Waals surface area contributed by atoms with Gasteiger partial charge in [-0.1, -0.05) is 42.2 Å². The molecule has 1 aromatic heterocycles. The van der Waals surface area contributed by atoms with Crippen molar-refractivity contribution in [3.8, 4) is 0 Å². The molecular weight excluding hydrogens is 406 g/mol. The van der Waals surface area contributed by atoms with Gasteiger partial charge in [0.2, 0.25) is 0 Å². The van der Waals surface area contributed by atoms with Crippen molar-refractivity contribution in [1.82, 2.24) is 9.88 Å². The molecule has 2 aliphatic rings. The maximum absolute atomic E-state index is 12.9. The number of aromatic nitrogens is 1. The Morgan fingerprint density at radius 2 is 2.10 bits per heavy atom. The monoisotopic (exact) mass is 429 g/mol. The highest BCUT2D eigenvalue weighted by molar-refractivity contribution is 8.26. The first kappa shape index (κ1) is 20.3. The molecule has 2 aromatic rings. The van der Waals surface area contributed by atoms with Gasteiger partial charge in [0.1, 0.15) is 10.1 Å². The second-order valence-corrected chi connectivity index (χ2v) is 8.55. The normalized spacial score (nSPS) is 19.0. The average Bonchev–Trinajstić information content (AvgIpc) is 3.01. The number of hydrogen-bond donors (Lipinski definition) is 0. The van der Waals surface area contributed by atoms with Crippen LogP contribution in [0.2, 0.25) is 0 Å². The number of ether oxygens (including phenoxy) is 2. The van der Waals surface area contributed by atoms with E-state index >= 15 is 0 Å². The fourth-order valence-corrected chi connectivity index (χ4v) is 4.76. The standard InChI is InChI=1S/C21H23N3O3S2/c1-26-10-4-7-24-20(25)18(29-21(24)28)14-16-13-15-5-2-3-6-17(15)22-19(16)23-8-11-27-12-9-23/h2-3,5-6,13-14H,4,7-12H2,1H3. The Morgan fingerprint density at radius 1 is 1.31 bits per heavy atom. The lowest BCUT2D eigenvalue weighted by Crippen LogP contribution is -2.37. The van der Waals surface area contributed by atoms with Crippen molar-refractivity contribution >= 4 is 57.0 Å². The van der Waals surface area contributed by atoms with Crippen molar-refractivity contribution in [2.24, 2.45) is 0 Å². The lowest BCUT2D eigenvalue weighted by molar-refractivity contribution is -0.122. The summed E-state index contributed by atoms with van der Waals surface area (Å²) in [4.78, 5) is 22.3. The Hall–Kier alpha value is -2.00. The summed E-state index contributed by atoms with van der Waals surface area (Å²) >= 11 is 6.79. The van der Waals surface area contributed by atoms with E-state index in [1.165, 1.54) is 11.8 Å². The summed E-state index contributed by atoms with van der Waals surface area (Å²) in [5, 5.41) is 1.05. The van der Waals surface area contributed by atoms with E-state index in [0.717, 1.165) is 41.8 Å². The average molecular weight is 430 g/mol. The van der Waals surface area contributed by atoms with Gasteiger partial charge in [0.05, 0.1) is 23.6 Å². The fraction of sp³-hybridized carbons (Fsp3) is 0.381. The van der Waals surface area contributed by atoms with Gasteiger partial charge < -0.3 is 14.4 Å². The number of pyridine rings is 1. The quantitative estimate of drug-likeness (QED) is 0.397. The SMILES string of the molecule is COCCCN1C(=O)C(=Cc2cc3ccccc3nc2N2CCOCC2)SC1=S. The fourth-order valence-electron chi connectivity index (χ4n) is 3.46. The zero-order valence-corrected chi connectivity index (χ0v) is 17.9. The molecule has 0 saturated carbocycles.